The maximum Gasteiger partial charge on any atom is 0.418 e. The van der Waals surface area contributed by atoms with E-state index in [1.807, 2.05) is 11.8 Å². The van der Waals surface area contributed by atoms with Crippen LogP contribution in [0.3, 0.4) is 0 Å². The maximum atomic E-state index is 16.6. The first kappa shape index (κ1) is 30.8. The van der Waals surface area contributed by atoms with Crippen molar-refractivity contribution in [1.82, 2.24) is 25.2 Å². The number of alkyl halides is 4. The van der Waals surface area contributed by atoms with Gasteiger partial charge >= 0.3 is 12.2 Å². The number of aromatic nitrogens is 3. The Morgan fingerprint density at radius 1 is 1.25 bits per heavy atom. The lowest BCUT2D eigenvalue weighted by Crippen LogP contribution is -2.43. The number of halogens is 6. The zero-order valence-electron chi connectivity index (χ0n) is 24.3. The molecule has 0 bridgehead atoms. The van der Waals surface area contributed by atoms with Gasteiger partial charge in [0.1, 0.15) is 35.2 Å². The zero-order valence-corrected chi connectivity index (χ0v) is 25.0. The van der Waals surface area contributed by atoms with Crippen molar-refractivity contribution in [2.45, 2.75) is 56.5 Å². The molecule has 0 unspecified atom stereocenters. The van der Waals surface area contributed by atoms with E-state index in [-0.39, 0.29) is 53.6 Å². The van der Waals surface area contributed by atoms with Gasteiger partial charge in [-0.25, -0.2) is 13.8 Å². The van der Waals surface area contributed by atoms with Crippen molar-refractivity contribution < 1.29 is 31.4 Å². The summed E-state index contributed by atoms with van der Waals surface area (Å²) in [5.41, 5.74) is 2.30. The zero-order chi connectivity index (χ0) is 31.4. The van der Waals surface area contributed by atoms with Crippen LogP contribution in [0.5, 0.6) is 11.9 Å². The van der Waals surface area contributed by atoms with E-state index in [1.54, 1.807) is 7.05 Å². The molecule has 3 aliphatic heterocycles. The Labute approximate surface area is 255 Å². The van der Waals surface area contributed by atoms with Crippen LogP contribution in [-0.4, -0.2) is 84.0 Å². The van der Waals surface area contributed by atoms with E-state index in [9.17, 15) is 17.6 Å². The molecule has 0 amide bonds. The predicted octanol–water partition coefficient (Wildman–Crippen LogP) is 5.24. The largest absolute Gasteiger partial charge is 0.477 e. The van der Waals surface area contributed by atoms with Gasteiger partial charge in [-0.2, -0.15) is 23.1 Å². The molecule has 1 aromatic carbocycles. The van der Waals surface area contributed by atoms with Crippen LogP contribution < -0.4 is 25.4 Å². The molecule has 9 nitrogen and oxygen atoms in total. The number of nitrogens with two attached hydrogens (primary N) is 1. The summed E-state index contributed by atoms with van der Waals surface area (Å²) in [6.45, 7) is 4.30. The number of nitrogens with one attached hydrogen (secondary N) is 1. The second-order valence-corrected chi connectivity index (χ2v) is 12.1. The molecule has 3 N–H and O–H groups in total. The summed E-state index contributed by atoms with van der Waals surface area (Å²) in [5.74, 6) is -0.986. The average molecular weight is 642 g/mol. The Balaban J connectivity index is 1.56. The summed E-state index contributed by atoms with van der Waals surface area (Å²) in [4.78, 5) is 17.3. The van der Waals surface area contributed by atoms with E-state index in [2.05, 4.69) is 25.2 Å². The van der Waals surface area contributed by atoms with Crippen molar-refractivity contribution in [3.8, 4) is 23.1 Å². The van der Waals surface area contributed by atoms with Crippen LogP contribution in [0.4, 0.5) is 33.5 Å². The smallest absolute Gasteiger partial charge is 0.418 e. The van der Waals surface area contributed by atoms with Crippen LogP contribution >= 0.6 is 11.6 Å². The molecule has 2 saturated heterocycles. The number of ether oxygens (including phenoxy) is 2. The summed E-state index contributed by atoms with van der Waals surface area (Å²) < 4.78 is 85.7. The standard InChI is InChI=1S/C29H33ClF5N7O2/c1-15-4-9-43-26-20-24(22(32)23(38-26)18-10-17(36)11-19(30)21(18)29(33,34)35)39-27(40-25(20)42(15)8-6-37-2)44-14-28-5-3-7-41(28)13-16(31)12-28/h10-11,15-16,37H,3-9,12-14,36H2,1-2H3/t15-,16-,28+/m1/s1. The van der Waals surface area contributed by atoms with E-state index in [0.29, 0.717) is 32.5 Å². The number of pyridine rings is 1. The van der Waals surface area contributed by atoms with E-state index in [0.717, 1.165) is 31.5 Å². The molecule has 2 fully saturated rings. The number of anilines is 2. The number of hydrogen-bond donors (Lipinski definition) is 2. The third-order valence-electron chi connectivity index (χ3n) is 8.78. The molecular formula is C29H33ClF5N7O2. The first-order valence-corrected chi connectivity index (χ1v) is 14.9. The molecule has 0 radical (unpaired) electrons. The van der Waals surface area contributed by atoms with Gasteiger partial charge in [-0.1, -0.05) is 11.6 Å². The highest BCUT2D eigenvalue weighted by atomic mass is 35.5. The molecule has 238 valence electrons. The summed E-state index contributed by atoms with van der Waals surface area (Å²) in [7, 11) is 1.80. The lowest BCUT2D eigenvalue weighted by atomic mass is 9.95. The number of likely N-dealkylation sites (N-methyl/N-ethyl adjacent to an activating group) is 1. The average Bonchev–Trinajstić information content (AvgIpc) is 3.47. The van der Waals surface area contributed by atoms with Gasteiger partial charge in [-0.15, -0.1) is 0 Å². The van der Waals surface area contributed by atoms with Gasteiger partial charge in [0.2, 0.25) is 5.88 Å². The molecule has 5 heterocycles. The molecule has 6 rings (SSSR count). The summed E-state index contributed by atoms with van der Waals surface area (Å²) in [6, 6.07) is 1.64. The lowest BCUT2D eigenvalue weighted by Gasteiger charge is -2.34. The van der Waals surface area contributed by atoms with Crippen LogP contribution in [0.1, 0.15) is 38.2 Å². The molecule has 2 aromatic heterocycles. The van der Waals surface area contributed by atoms with Crippen LogP contribution in [0.15, 0.2) is 12.1 Å². The van der Waals surface area contributed by atoms with Crippen molar-refractivity contribution in [2.24, 2.45) is 0 Å². The minimum absolute atomic E-state index is 0.0798. The van der Waals surface area contributed by atoms with Gasteiger partial charge < -0.3 is 25.4 Å². The number of rotatable bonds is 7. The van der Waals surface area contributed by atoms with Crippen molar-refractivity contribution in [3.63, 3.8) is 0 Å². The highest BCUT2D eigenvalue weighted by Crippen LogP contribution is 2.46. The van der Waals surface area contributed by atoms with E-state index in [4.69, 9.17) is 26.8 Å². The molecule has 15 heteroatoms. The predicted molar refractivity (Wildman–Crippen MR) is 157 cm³/mol. The van der Waals surface area contributed by atoms with Gasteiger partial charge in [-0.05, 0) is 45.5 Å². The fraction of sp³-hybridized carbons (Fsp3) is 0.552. The fourth-order valence-electron chi connectivity index (χ4n) is 6.66. The monoisotopic (exact) mass is 641 g/mol. The summed E-state index contributed by atoms with van der Waals surface area (Å²) >= 11 is 5.99. The molecular weight excluding hydrogens is 609 g/mol. The van der Waals surface area contributed by atoms with E-state index in [1.165, 1.54) is 0 Å². The SMILES string of the molecule is CNCCN1c2nc(OC[C@@]34CCCN3C[C@H](F)C4)nc3c(F)c(-c4cc(N)cc(Cl)c4C(F)(F)F)nc(c23)OCC[C@H]1C. The summed E-state index contributed by atoms with van der Waals surface area (Å²) in [6.07, 6.45) is -3.48. The molecule has 0 saturated carbocycles. The Kier molecular flexibility index (Phi) is 8.12. The first-order valence-electron chi connectivity index (χ1n) is 14.6. The van der Waals surface area contributed by atoms with Crippen molar-refractivity contribution in [2.75, 3.05) is 57.1 Å². The number of fused-ring (bicyclic) bond motifs is 1. The Hall–Kier alpha value is -3.23. The number of nitrogen functional groups attached to an aromatic ring is 1. The van der Waals surface area contributed by atoms with Gasteiger partial charge in [0.05, 0.1) is 22.7 Å². The van der Waals surface area contributed by atoms with Crippen molar-refractivity contribution >= 4 is 34.0 Å². The molecule has 0 spiro atoms. The third kappa shape index (κ3) is 5.45. The Bertz CT molecular complexity index is 1580. The lowest BCUT2D eigenvalue weighted by molar-refractivity contribution is -0.137. The van der Waals surface area contributed by atoms with Crippen molar-refractivity contribution in [1.29, 1.82) is 0 Å². The van der Waals surface area contributed by atoms with Gasteiger partial charge in [0, 0.05) is 49.8 Å². The minimum Gasteiger partial charge on any atom is -0.477 e. The Morgan fingerprint density at radius 3 is 2.80 bits per heavy atom. The van der Waals surface area contributed by atoms with E-state index < -0.39 is 45.5 Å². The van der Waals surface area contributed by atoms with Crippen LogP contribution in [0.25, 0.3) is 22.2 Å². The maximum absolute atomic E-state index is 16.6. The highest BCUT2D eigenvalue weighted by Gasteiger charge is 2.49. The summed E-state index contributed by atoms with van der Waals surface area (Å²) in [5, 5.41) is 2.51. The first-order chi connectivity index (χ1) is 20.9. The normalized spacial score (nSPS) is 23.9. The quantitative estimate of drug-likeness (QED) is 0.265. The molecule has 44 heavy (non-hydrogen) atoms. The van der Waals surface area contributed by atoms with Crippen LogP contribution in [0.2, 0.25) is 5.02 Å². The number of benzene rings is 1. The molecule has 3 atom stereocenters. The third-order valence-corrected chi connectivity index (χ3v) is 9.07. The Morgan fingerprint density at radius 2 is 2.05 bits per heavy atom. The second-order valence-electron chi connectivity index (χ2n) is 11.7. The second kappa shape index (κ2) is 11.6. The molecule has 3 aliphatic rings. The van der Waals surface area contributed by atoms with Gasteiger partial charge in [0.15, 0.2) is 5.82 Å². The number of hydrogen-bond acceptors (Lipinski definition) is 9. The van der Waals surface area contributed by atoms with Gasteiger partial charge in [0.25, 0.3) is 0 Å². The van der Waals surface area contributed by atoms with Crippen LogP contribution in [-0.2, 0) is 6.18 Å². The fourth-order valence-corrected chi connectivity index (χ4v) is 6.99. The highest BCUT2D eigenvalue weighted by molar-refractivity contribution is 6.32. The minimum atomic E-state index is -4.94. The topological polar surface area (TPSA) is 102 Å². The van der Waals surface area contributed by atoms with Crippen LogP contribution in [0, 0.1) is 5.82 Å². The van der Waals surface area contributed by atoms with E-state index >= 15 is 4.39 Å². The molecule has 0 aliphatic carbocycles. The number of nitrogens with zero attached hydrogens (tertiary/aromatic N) is 5. The van der Waals surface area contributed by atoms with Crippen molar-refractivity contribution in [3.05, 3.63) is 28.5 Å². The molecule has 3 aromatic rings. The van der Waals surface area contributed by atoms with Gasteiger partial charge in [-0.3, -0.25) is 4.90 Å².